The standard InChI is InChI=1S/C28H31N3O/c1-5-19(3)21-10-7-12-23(16-21)25-14-9-15-26(30-25)32-27-18-29-28(31-27)24-13-8-11-22(17-24)20(4)6-2/h7-20H,5-6H2,1-4H3,(H,29,31). The Balaban J connectivity index is 1.54. The van der Waals surface area contributed by atoms with Gasteiger partial charge in [0.2, 0.25) is 11.8 Å². The Morgan fingerprint density at radius 1 is 0.812 bits per heavy atom. The van der Waals surface area contributed by atoms with Gasteiger partial charge < -0.3 is 9.72 Å². The van der Waals surface area contributed by atoms with Gasteiger partial charge >= 0.3 is 0 Å². The molecule has 164 valence electrons. The largest absolute Gasteiger partial charge is 0.421 e. The number of hydrogen-bond acceptors (Lipinski definition) is 3. The summed E-state index contributed by atoms with van der Waals surface area (Å²) in [5.74, 6) is 2.96. The lowest BCUT2D eigenvalue weighted by Crippen LogP contribution is -1.94. The molecule has 4 aromatic rings. The highest BCUT2D eigenvalue weighted by atomic mass is 16.5. The molecule has 2 heterocycles. The average Bonchev–Trinajstić information content (AvgIpc) is 3.32. The van der Waals surface area contributed by atoms with Crippen LogP contribution in [0.5, 0.6) is 11.8 Å². The monoisotopic (exact) mass is 425 g/mol. The Hall–Kier alpha value is -3.40. The fraction of sp³-hybridized carbons (Fsp3) is 0.286. The molecule has 0 saturated heterocycles. The molecule has 0 aliphatic carbocycles. The molecule has 2 aromatic heterocycles. The number of pyridine rings is 1. The third-order valence-corrected chi connectivity index (χ3v) is 6.20. The zero-order valence-electron chi connectivity index (χ0n) is 19.3. The van der Waals surface area contributed by atoms with Gasteiger partial charge in [0.05, 0.1) is 11.9 Å². The van der Waals surface area contributed by atoms with Gasteiger partial charge in [0.1, 0.15) is 5.82 Å². The number of hydrogen-bond donors (Lipinski definition) is 1. The summed E-state index contributed by atoms with van der Waals surface area (Å²) in [6, 6.07) is 23.0. The minimum atomic E-state index is 0.520. The van der Waals surface area contributed by atoms with Gasteiger partial charge in [-0.1, -0.05) is 70.2 Å². The molecule has 4 heteroatoms. The zero-order valence-corrected chi connectivity index (χ0v) is 19.3. The maximum atomic E-state index is 6.01. The van der Waals surface area contributed by atoms with Crippen LogP contribution in [0.15, 0.2) is 72.9 Å². The van der Waals surface area contributed by atoms with Crippen molar-refractivity contribution in [3.8, 4) is 34.4 Å². The van der Waals surface area contributed by atoms with Crippen LogP contribution in [-0.4, -0.2) is 15.0 Å². The van der Waals surface area contributed by atoms with Crippen LogP contribution < -0.4 is 4.74 Å². The second-order valence-electron chi connectivity index (χ2n) is 8.43. The highest BCUT2D eigenvalue weighted by molar-refractivity contribution is 5.61. The van der Waals surface area contributed by atoms with Gasteiger partial charge in [0.15, 0.2) is 0 Å². The summed E-state index contributed by atoms with van der Waals surface area (Å²) >= 11 is 0. The van der Waals surface area contributed by atoms with Gasteiger partial charge in [-0.2, -0.15) is 0 Å². The molecule has 0 saturated carbocycles. The van der Waals surface area contributed by atoms with Gasteiger partial charge in [-0.05, 0) is 54.0 Å². The van der Waals surface area contributed by atoms with E-state index in [1.807, 2.05) is 18.2 Å². The molecule has 1 N–H and O–H groups in total. The van der Waals surface area contributed by atoms with Crippen molar-refractivity contribution in [3.05, 3.63) is 84.1 Å². The van der Waals surface area contributed by atoms with Crippen LogP contribution in [0.1, 0.15) is 63.5 Å². The fourth-order valence-electron chi connectivity index (χ4n) is 3.72. The number of nitrogens with zero attached hydrogens (tertiary/aromatic N) is 2. The highest BCUT2D eigenvalue weighted by Crippen LogP contribution is 2.28. The first-order chi connectivity index (χ1) is 15.6. The molecule has 2 unspecified atom stereocenters. The number of benzene rings is 2. The van der Waals surface area contributed by atoms with Gasteiger partial charge in [0, 0.05) is 17.2 Å². The second kappa shape index (κ2) is 9.82. The topological polar surface area (TPSA) is 50.8 Å². The molecule has 0 fully saturated rings. The Bertz CT molecular complexity index is 1180. The summed E-state index contributed by atoms with van der Waals surface area (Å²) in [6.45, 7) is 8.91. The molecule has 0 radical (unpaired) electrons. The molecule has 0 spiro atoms. The lowest BCUT2D eigenvalue weighted by molar-refractivity contribution is 0.448. The molecule has 4 nitrogen and oxygen atoms in total. The summed E-state index contributed by atoms with van der Waals surface area (Å²) in [4.78, 5) is 12.5. The van der Waals surface area contributed by atoms with E-state index in [0.717, 1.165) is 35.5 Å². The maximum absolute atomic E-state index is 6.01. The maximum Gasteiger partial charge on any atom is 0.221 e. The lowest BCUT2D eigenvalue weighted by atomic mass is 9.96. The molecule has 0 bridgehead atoms. The Labute approximate surface area is 190 Å². The molecule has 2 aromatic carbocycles. The van der Waals surface area contributed by atoms with Crippen molar-refractivity contribution >= 4 is 0 Å². The minimum Gasteiger partial charge on any atom is -0.421 e. The first kappa shape index (κ1) is 21.8. The van der Waals surface area contributed by atoms with E-state index >= 15 is 0 Å². The van der Waals surface area contributed by atoms with Gasteiger partial charge in [-0.3, -0.25) is 0 Å². The second-order valence-corrected chi connectivity index (χ2v) is 8.43. The predicted molar refractivity (Wildman–Crippen MR) is 131 cm³/mol. The molecule has 0 amide bonds. The third-order valence-electron chi connectivity index (χ3n) is 6.20. The molecular weight excluding hydrogens is 394 g/mol. The van der Waals surface area contributed by atoms with Gasteiger partial charge in [0.25, 0.3) is 0 Å². The van der Waals surface area contributed by atoms with E-state index in [2.05, 4.69) is 86.2 Å². The van der Waals surface area contributed by atoms with E-state index in [1.165, 1.54) is 11.1 Å². The summed E-state index contributed by atoms with van der Waals surface area (Å²) in [7, 11) is 0. The van der Waals surface area contributed by atoms with Crippen molar-refractivity contribution in [3.63, 3.8) is 0 Å². The Morgan fingerprint density at radius 2 is 1.44 bits per heavy atom. The number of ether oxygens (including phenoxy) is 1. The number of rotatable bonds is 8. The molecule has 4 rings (SSSR count). The molecule has 0 aliphatic rings. The number of aromatic nitrogens is 3. The summed E-state index contributed by atoms with van der Waals surface area (Å²) in [5.41, 5.74) is 5.70. The first-order valence-corrected chi connectivity index (χ1v) is 11.5. The van der Waals surface area contributed by atoms with E-state index in [0.29, 0.717) is 23.6 Å². The normalized spacial score (nSPS) is 13.0. The number of aromatic amines is 1. The summed E-state index contributed by atoms with van der Waals surface area (Å²) < 4.78 is 6.01. The van der Waals surface area contributed by atoms with E-state index in [-0.39, 0.29) is 0 Å². The highest BCUT2D eigenvalue weighted by Gasteiger charge is 2.10. The van der Waals surface area contributed by atoms with Crippen molar-refractivity contribution in [1.82, 2.24) is 15.0 Å². The number of imidazole rings is 1. The van der Waals surface area contributed by atoms with E-state index in [4.69, 9.17) is 9.72 Å². The van der Waals surface area contributed by atoms with Gasteiger partial charge in [-0.25, -0.2) is 9.97 Å². The van der Waals surface area contributed by atoms with E-state index < -0.39 is 0 Å². The smallest absolute Gasteiger partial charge is 0.221 e. The average molecular weight is 426 g/mol. The van der Waals surface area contributed by atoms with Gasteiger partial charge in [-0.15, -0.1) is 0 Å². The van der Waals surface area contributed by atoms with Crippen LogP contribution in [-0.2, 0) is 0 Å². The predicted octanol–water partition coefficient (Wildman–Crippen LogP) is 7.96. The van der Waals surface area contributed by atoms with Crippen LogP contribution in [0.2, 0.25) is 0 Å². The van der Waals surface area contributed by atoms with Crippen molar-refractivity contribution < 1.29 is 4.74 Å². The van der Waals surface area contributed by atoms with Crippen molar-refractivity contribution in [1.29, 1.82) is 0 Å². The van der Waals surface area contributed by atoms with E-state index in [9.17, 15) is 0 Å². The number of nitrogens with one attached hydrogen (secondary N) is 1. The Kier molecular flexibility index (Phi) is 6.69. The van der Waals surface area contributed by atoms with Crippen LogP contribution in [0.25, 0.3) is 22.6 Å². The van der Waals surface area contributed by atoms with Crippen LogP contribution in [0.3, 0.4) is 0 Å². The van der Waals surface area contributed by atoms with E-state index in [1.54, 1.807) is 6.20 Å². The fourth-order valence-corrected chi connectivity index (χ4v) is 3.72. The molecule has 32 heavy (non-hydrogen) atoms. The minimum absolute atomic E-state index is 0.520. The molecule has 0 aliphatic heterocycles. The Morgan fingerprint density at radius 3 is 2.12 bits per heavy atom. The SMILES string of the molecule is CCC(C)c1cccc(-c2cccc(Oc3cnc(-c4cccc(C(C)CC)c4)[nH]3)n2)c1. The quantitative estimate of drug-likeness (QED) is 0.311. The van der Waals surface area contributed by atoms with Crippen molar-refractivity contribution in [2.45, 2.75) is 52.4 Å². The lowest BCUT2D eigenvalue weighted by Gasteiger charge is -2.11. The van der Waals surface area contributed by atoms with Crippen LogP contribution >= 0.6 is 0 Å². The molecular formula is C28H31N3O. The van der Waals surface area contributed by atoms with Crippen molar-refractivity contribution in [2.75, 3.05) is 0 Å². The summed E-state index contributed by atoms with van der Waals surface area (Å²) in [6.07, 6.45) is 3.93. The summed E-state index contributed by atoms with van der Waals surface area (Å²) in [5, 5.41) is 0. The first-order valence-electron chi connectivity index (χ1n) is 11.5. The van der Waals surface area contributed by atoms with Crippen LogP contribution in [0.4, 0.5) is 0 Å². The third kappa shape index (κ3) is 4.91. The molecule has 2 atom stereocenters. The number of H-pyrrole nitrogens is 1. The van der Waals surface area contributed by atoms with Crippen molar-refractivity contribution in [2.24, 2.45) is 0 Å². The van der Waals surface area contributed by atoms with Crippen LogP contribution in [0, 0.1) is 0 Å². The zero-order chi connectivity index (χ0) is 22.5.